The van der Waals surface area contributed by atoms with E-state index in [1.165, 1.54) is 29.9 Å². The van der Waals surface area contributed by atoms with Gasteiger partial charge < -0.3 is 15.1 Å². The molecule has 0 unspecified atom stereocenters. The number of carbonyl (C=O) groups excluding carboxylic acids is 1. The van der Waals surface area contributed by atoms with Crippen LogP contribution in [0.1, 0.15) is 51.0 Å². The van der Waals surface area contributed by atoms with Crippen LogP contribution in [0.4, 0.5) is 24.5 Å². The minimum Gasteiger partial charge on any atom is -0.370 e. The second-order valence-electron chi connectivity index (χ2n) is 10.1. The van der Waals surface area contributed by atoms with Crippen LogP contribution in [0.5, 0.6) is 0 Å². The van der Waals surface area contributed by atoms with Crippen molar-refractivity contribution in [1.82, 2.24) is 10.2 Å². The Kier molecular flexibility index (Phi) is 6.91. The Morgan fingerprint density at radius 2 is 1.82 bits per heavy atom. The summed E-state index contributed by atoms with van der Waals surface area (Å²) in [6, 6.07) is 5.53. The van der Waals surface area contributed by atoms with Crippen LogP contribution in [0.15, 0.2) is 18.2 Å². The number of rotatable bonds is 3. The predicted molar refractivity (Wildman–Crippen MR) is 126 cm³/mol. The van der Waals surface area contributed by atoms with Crippen LogP contribution in [0, 0.1) is 5.41 Å². The van der Waals surface area contributed by atoms with E-state index >= 15 is 0 Å². The maximum atomic E-state index is 14.1. The molecule has 1 aromatic carbocycles. The van der Waals surface area contributed by atoms with Gasteiger partial charge in [-0.15, -0.1) is 12.4 Å². The number of hydrogen-bond acceptors (Lipinski definition) is 4. The number of nitrogens with one attached hydrogen (secondary N) is 1. The molecule has 0 aromatic heterocycles. The largest absolute Gasteiger partial charge is 0.418 e. The molecule has 0 aliphatic carbocycles. The van der Waals surface area contributed by atoms with E-state index in [1.807, 2.05) is 0 Å². The normalized spacial score (nSPS) is 28.1. The maximum absolute atomic E-state index is 14.1. The molecule has 4 saturated heterocycles. The highest BCUT2D eigenvalue weighted by molar-refractivity contribution is 6.00. The first kappa shape index (κ1) is 24.6. The van der Waals surface area contributed by atoms with Crippen molar-refractivity contribution in [2.24, 2.45) is 5.41 Å². The van der Waals surface area contributed by atoms with E-state index in [-0.39, 0.29) is 24.0 Å². The van der Waals surface area contributed by atoms with E-state index < -0.39 is 17.2 Å². The van der Waals surface area contributed by atoms with Crippen molar-refractivity contribution in [3.8, 4) is 0 Å². The van der Waals surface area contributed by atoms with E-state index in [9.17, 15) is 18.0 Å². The molecule has 33 heavy (non-hydrogen) atoms. The quantitative estimate of drug-likeness (QED) is 0.691. The van der Waals surface area contributed by atoms with Gasteiger partial charge >= 0.3 is 6.18 Å². The summed E-state index contributed by atoms with van der Waals surface area (Å²) in [5, 5.41) is 3.25. The number of halogens is 4. The Hall–Kier alpha value is -1.51. The number of hydrogen-bond donors (Lipinski definition) is 1. The molecule has 1 N–H and O–H groups in total. The van der Waals surface area contributed by atoms with Gasteiger partial charge in [-0.2, -0.15) is 13.2 Å². The second kappa shape index (κ2) is 9.27. The summed E-state index contributed by atoms with van der Waals surface area (Å²) in [5.41, 5.74) is -0.557. The van der Waals surface area contributed by atoms with E-state index in [1.54, 1.807) is 6.07 Å². The second-order valence-corrected chi connectivity index (χ2v) is 10.1. The van der Waals surface area contributed by atoms with Crippen molar-refractivity contribution in [2.45, 2.75) is 63.7 Å². The first-order valence-corrected chi connectivity index (χ1v) is 12.0. The van der Waals surface area contributed by atoms with Crippen molar-refractivity contribution < 1.29 is 18.0 Å². The molecular weight excluding hydrogens is 453 g/mol. The molecule has 9 heteroatoms. The van der Waals surface area contributed by atoms with Gasteiger partial charge in [0.05, 0.1) is 16.7 Å². The smallest absolute Gasteiger partial charge is 0.370 e. The third-order valence-electron chi connectivity index (χ3n) is 8.25. The van der Waals surface area contributed by atoms with Crippen LogP contribution in [0.3, 0.4) is 0 Å². The number of piperidine rings is 1. The van der Waals surface area contributed by atoms with Gasteiger partial charge in [0.25, 0.3) is 0 Å². The topological polar surface area (TPSA) is 38.8 Å². The Balaban J connectivity index is 0.00000259. The van der Waals surface area contributed by atoms with Crippen LogP contribution < -0.4 is 15.1 Å². The molecule has 1 spiro atoms. The molecule has 5 rings (SSSR count). The summed E-state index contributed by atoms with van der Waals surface area (Å²) in [6.45, 7) is 6.71. The molecule has 0 bridgehead atoms. The SMILES string of the molecule is C[C@H]1CCCN1[C@H]1CCN(c2ccc(N3CCC4(CCNCC4)C3=O)c(C(F)(F)F)c2)C1.Cl. The van der Waals surface area contributed by atoms with Crippen molar-refractivity contribution >= 4 is 29.7 Å². The average Bonchev–Trinajstić information content (AvgIpc) is 3.48. The number of benzene rings is 1. The highest BCUT2D eigenvalue weighted by atomic mass is 35.5. The molecule has 184 valence electrons. The summed E-state index contributed by atoms with van der Waals surface area (Å²) < 4.78 is 42.4. The number of anilines is 2. The molecule has 5 nitrogen and oxygen atoms in total. The van der Waals surface area contributed by atoms with Crippen LogP contribution in [0.25, 0.3) is 0 Å². The molecule has 4 aliphatic rings. The van der Waals surface area contributed by atoms with Gasteiger partial charge in [0.2, 0.25) is 5.91 Å². The fraction of sp³-hybridized carbons (Fsp3) is 0.708. The summed E-state index contributed by atoms with van der Waals surface area (Å²) in [5.74, 6) is -0.137. The zero-order chi connectivity index (χ0) is 22.5. The summed E-state index contributed by atoms with van der Waals surface area (Å²) in [7, 11) is 0. The van der Waals surface area contributed by atoms with E-state index in [2.05, 4.69) is 22.0 Å². The van der Waals surface area contributed by atoms with E-state index in [4.69, 9.17) is 0 Å². The van der Waals surface area contributed by atoms with Crippen molar-refractivity contribution in [3.63, 3.8) is 0 Å². The Bertz CT molecular complexity index is 874. The summed E-state index contributed by atoms with van der Waals surface area (Å²) in [6.07, 6.45) is 0.912. The number of carbonyl (C=O) groups is 1. The number of likely N-dealkylation sites (tertiary alicyclic amines) is 1. The molecule has 4 fully saturated rings. The molecule has 0 saturated carbocycles. The van der Waals surface area contributed by atoms with Crippen molar-refractivity contribution in [3.05, 3.63) is 23.8 Å². The Morgan fingerprint density at radius 1 is 1.06 bits per heavy atom. The van der Waals surface area contributed by atoms with Gasteiger partial charge in [-0.1, -0.05) is 0 Å². The minimum atomic E-state index is -4.50. The van der Waals surface area contributed by atoms with Gasteiger partial charge in [-0.3, -0.25) is 9.69 Å². The lowest BCUT2D eigenvalue weighted by molar-refractivity contribution is -0.137. The molecule has 1 amide bonds. The molecule has 1 aromatic rings. The maximum Gasteiger partial charge on any atom is 0.418 e. The van der Waals surface area contributed by atoms with Gasteiger partial charge in [0.15, 0.2) is 0 Å². The van der Waals surface area contributed by atoms with Gasteiger partial charge in [-0.05, 0) is 83.3 Å². The molecule has 0 radical (unpaired) electrons. The number of nitrogens with zero attached hydrogens (tertiary/aromatic N) is 3. The standard InChI is InChI=1S/C24H33F3N4O.ClH/c1-17-3-2-12-30(17)19-6-13-29(16-19)18-4-5-21(20(15-18)24(25,26)27)31-14-9-23(22(31)32)7-10-28-11-8-23;/h4-5,15,17,19,28H,2-3,6-14,16H2,1H3;1H/t17-,19-;/m0./s1. The van der Waals surface area contributed by atoms with E-state index in [0.717, 1.165) is 39.1 Å². The number of amides is 1. The first-order valence-electron chi connectivity index (χ1n) is 12.0. The fourth-order valence-corrected chi connectivity index (χ4v) is 6.35. The summed E-state index contributed by atoms with van der Waals surface area (Å²) >= 11 is 0. The molecule has 4 heterocycles. The monoisotopic (exact) mass is 486 g/mol. The van der Waals surface area contributed by atoms with Crippen molar-refractivity contribution in [1.29, 1.82) is 0 Å². The third kappa shape index (κ3) is 4.46. The van der Waals surface area contributed by atoms with Crippen LogP contribution >= 0.6 is 12.4 Å². The van der Waals surface area contributed by atoms with Crippen LogP contribution in [0.2, 0.25) is 0 Å². The van der Waals surface area contributed by atoms with Crippen molar-refractivity contribution in [2.75, 3.05) is 49.1 Å². The van der Waals surface area contributed by atoms with E-state index in [0.29, 0.717) is 43.6 Å². The number of alkyl halides is 3. The fourth-order valence-electron chi connectivity index (χ4n) is 6.35. The van der Waals surface area contributed by atoms with Gasteiger partial charge in [0, 0.05) is 37.4 Å². The first-order chi connectivity index (χ1) is 15.3. The highest BCUT2D eigenvalue weighted by Crippen LogP contribution is 2.46. The molecule has 2 atom stereocenters. The van der Waals surface area contributed by atoms with Gasteiger partial charge in [-0.25, -0.2) is 0 Å². The van der Waals surface area contributed by atoms with Crippen LogP contribution in [-0.4, -0.2) is 62.2 Å². The van der Waals surface area contributed by atoms with Crippen LogP contribution in [-0.2, 0) is 11.0 Å². The highest BCUT2D eigenvalue weighted by Gasteiger charge is 2.49. The Labute approximate surface area is 200 Å². The Morgan fingerprint density at radius 3 is 2.48 bits per heavy atom. The minimum absolute atomic E-state index is 0. The molecule has 4 aliphatic heterocycles. The predicted octanol–water partition coefficient (Wildman–Crippen LogP) is 4.30. The lowest BCUT2D eigenvalue weighted by Gasteiger charge is -2.32. The zero-order valence-electron chi connectivity index (χ0n) is 19.2. The summed E-state index contributed by atoms with van der Waals surface area (Å²) in [4.78, 5) is 19.2. The zero-order valence-corrected chi connectivity index (χ0v) is 20.0. The van der Waals surface area contributed by atoms with Gasteiger partial charge in [0.1, 0.15) is 0 Å². The average molecular weight is 487 g/mol. The lowest BCUT2D eigenvalue weighted by atomic mass is 9.77. The molecular formula is C24H34ClF3N4O. The lowest BCUT2D eigenvalue weighted by Crippen LogP contribution is -2.43. The third-order valence-corrected chi connectivity index (χ3v) is 8.25.